The maximum Gasteiger partial charge on any atom is 0.278 e. The van der Waals surface area contributed by atoms with Gasteiger partial charge >= 0.3 is 0 Å². The molecule has 0 aliphatic carbocycles. The molecular weight excluding hydrogens is 358 g/mol. The molecule has 2 aromatic rings. The Balaban J connectivity index is 1.36. The lowest BCUT2D eigenvalue weighted by atomic mass is 10.0. The van der Waals surface area contributed by atoms with Gasteiger partial charge in [-0.25, -0.2) is 4.98 Å². The van der Waals surface area contributed by atoms with E-state index in [1.165, 1.54) is 26.2 Å². The van der Waals surface area contributed by atoms with Crippen LogP contribution in [0.1, 0.15) is 19.8 Å². The highest BCUT2D eigenvalue weighted by molar-refractivity contribution is 5.60. The molecule has 0 unspecified atom stereocenters. The van der Waals surface area contributed by atoms with E-state index in [4.69, 9.17) is 15.0 Å². The number of anilines is 2. The van der Waals surface area contributed by atoms with Crippen LogP contribution in [0, 0.1) is 0 Å². The van der Waals surface area contributed by atoms with Gasteiger partial charge in [0.1, 0.15) is 11.4 Å². The van der Waals surface area contributed by atoms with Gasteiger partial charge in [0, 0.05) is 51.4 Å². The summed E-state index contributed by atoms with van der Waals surface area (Å²) in [4.78, 5) is 16.2. The molecule has 0 atom stereocenters. The molecule has 0 aromatic carbocycles. The Kier molecular flexibility index (Phi) is 5.63. The molecule has 4 heterocycles. The smallest absolute Gasteiger partial charge is 0.278 e. The van der Waals surface area contributed by atoms with Crippen molar-refractivity contribution in [2.75, 3.05) is 63.6 Å². The lowest BCUT2D eigenvalue weighted by molar-refractivity contribution is 0.0876. The summed E-state index contributed by atoms with van der Waals surface area (Å²) in [5.74, 6) is 1.56. The van der Waals surface area contributed by atoms with E-state index in [0.717, 1.165) is 32.5 Å². The number of likely N-dealkylation sites (N-methyl/N-ethyl adjacent to an activating group) is 1. The summed E-state index contributed by atoms with van der Waals surface area (Å²) < 4.78 is 10.7. The molecule has 28 heavy (non-hydrogen) atoms. The third kappa shape index (κ3) is 3.90. The molecule has 9 nitrogen and oxygen atoms in total. The standard InChI is InChI=1S/C19H29N7O2/c1-3-24-8-10-25(11-9-24)14-4-6-26(7-5-14)19-22-18(28-23-19)16-12-17(27-2)15(20)13-21-16/h12-14H,3-11,20H2,1-2H3. The molecule has 2 aliphatic heterocycles. The van der Waals surface area contributed by atoms with Crippen LogP contribution in [-0.2, 0) is 0 Å². The topological polar surface area (TPSA) is 96.8 Å². The van der Waals surface area contributed by atoms with Crippen LogP contribution >= 0.6 is 0 Å². The fourth-order valence-electron chi connectivity index (χ4n) is 4.07. The quantitative estimate of drug-likeness (QED) is 0.815. The number of methoxy groups -OCH3 is 1. The maximum atomic E-state index is 5.82. The first-order chi connectivity index (χ1) is 13.7. The normalized spacial score (nSPS) is 19.9. The first kappa shape index (κ1) is 18.9. The SMILES string of the molecule is CCN1CCN(C2CCN(c3noc(-c4cc(OC)c(N)cn4)n3)CC2)CC1. The minimum Gasteiger partial charge on any atom is -0.494 e. The second kappa shape index (κ2) is 8.32. The number of nitrogen functional groups attached to an aromatic ring is 1. The fraction of sp³-hybridized carbons (Fsp3) is 0.632. The Labute approximate surface area is 165 Å². The van der Waals surface area contributed by atoms with Crippen LogP contribution in [0.3, 0.4) is 0 Å². The zero-order valence-electron chi connectivity index (χ0n) is 16.7. The Morgan fingerprint density at radius 2 is 1.93 bits per heavy atom. The molecule has 152 valence electrons. The highest BCUT2D eigenvalue weighted by Gasteiger charge is 2.28. The average molecular weight is 387 g/mol. The van der Waals surface area contributed by atoms with Crippen LogP contribution in [-0.4, -0.2) is 83.9 Å². The van der Waals surface area contributed by atoms with Crippen LogP contribution in [0.2, 0.25) is 0 Å². The highest BCUT2D eigenvalue weighted by atomic mass is 16.5. The van der Waals surface area contributed by atoms with Crippen molar-refractivity contribution in [3.05, 3.63) is 12.3 Å². The van der Waals surface area contributed by atoms with Crippen LogP contribution in [0.5, 0.6) is 5.75 Å². The van der Waals surface area contributed by atoms with Crippen LogP contribution in [0.4, 0.5) is 11.6 Å². The van der Waals surface area contributed by atoms with Gasteiger partial charge in [-0.3, -0.25) is 4.90 Å². The summed E-state index contributed by atoms with van der Waals surface area (Å²) in [6.45, 7) is 9.99. The molecule has 4 rings (SSSR count). The summed E-state index contributed by atoms with van der Waals surface area (Å²) in [6.07, 6.45) is 3.80. The van der Waals surface area contributed by atoms with Crippen LogP contribution in [0.15, 0.2) is 16.8 Å². The molecule has 0 spiro atoms. The van der Waals surface area contributed by atoms with E-state index in [-0.39, 0.29) is 0 Å². The second-order valence-corrected chi connectivity index (χ2v) is 7.40. The molecule has 0 radical (unpaired) electrons. The predicted octanol–water partition coefficient (Wildman–Crippen LogP) is 1.33. The monoisotopic (exact) mass is 387 g/mol. The van der Waals surface area contributed by atoms with Crippen molar-refractivity contribution < 1.29 is 9.26 Å². The summed E-state index contributed by atoms with van der Waals surface area (Å²) in [7, 11) is 1.57. The van der Waals surface area contributed by atoms with Crippen molar-refractivity contribution in [3.63, 3.8) is 0 Å². The minimum absolute atomic E-state index is 0.381. The van der Waals surface area contributed by atoms with E-state index >= 15 is 0 Å². The molecular formula is C19H29N7O2. The Bertz CT molecular complexity index is 780. The van der Waals surface area contributed by atoms with Crippen LogP contribution < -0.4 is 15.4 Å². The number of piperazine rings is 1. The van der Waals surface area contributed by atoms with E-state index in [2.05, 4.69) is 36.7 Å². The zero-order valence-corrected chi connectivity index (χ0v) is 16.7. The largest absolute Gasteiger partial charge is 0.494 e. The number of pyridine rings is 1. The predicted molar refractivity (Wildman–Crippen MR) is 107 cm³/mol. The minimum atomic E-state index is 0.381. The van der Waals surface area contributed by atoms with Crippen molar-refractivity contribution >= 4 is 11.6 Å². The van der Waals surface area contributed by atoms with E-state index in [0.29, 0.717) is 35.0 Å². The highest BCUT2D eigenvalue weighted by Crippen LogP contribution is 2.27. The van der Waals surface area contributed by atoms with Crippen molar-refractivity contribution in [1.82, 2.24) is 24.9 Å². The number of nitrogens with two attached hydrogens (primary N) is 1. The fourth-order valence-corrected chi connectivity index (χ4v) is 4.07. The number of ether oxygens (including phenoxy) is 1. The lowest BCUT2D eigenvalue weighted by Gasteiger charge is -2.42. The molecule has 2 saturated heterocycles. The number of hydrogen-bond donors (Lipinski definition) is 1. The van der Waals surface area contributed by atoms with E-state index in [1.807, 2.05) is 0 Å². The van der Waals surface area contributed by atoms with Gasteiger partial charge in [0.25, 0.3) is 11.8 Å². The van der Waals surface area contributed by atoms with Gasteiger partial charge in [0.05, 0.1) is 19.0 Å². The van der Waals surface area contributed by atoms with Gasteiger partial charge in [0.2, 0.25) is 0 Å². The van der Waals surface area contributed by atoms with Crippen molar-refractivity contribution in [3.8, 4) is 17.3 Å². The summed E-state index contributed by atoms with van der Waals surface area (Å²) in [5, 5.41) is 4.16. The second-order valence-electron chi connectivity index (χ2n) is 7.40. The molecule has 0 saturated carbocycles. The first-order valence-corrected chi connectivity index (χ1v) is 10.0. The van der Waals surface area contributed by atoms with Crippen molar-refractivity contribution in [2.45, 2.75) is 25.8 Å². The number of aromatic nitrogens is 3. The molecule has 0 amide bonds. The number of nitrogens with zero attached hydrogens (tertiary/aromatic N) is 6. The molecule has 2 aliphatic rings. The number of piperidine rings is 1. The maximum absolute atomic E-state index is 5.82. The first-order valence-electron chi connectivity index (χ1n) is 10.0. The molecule has 9 heteroatoms. The summed E-state index contributed by atoms with van der Waals surface area (Å²) >= 11 is 0. The zero-order chi connectivity index (χ0) is 19.5. The van der Waals surface area contributed by atoms with E-state index in [9.17, 15) is 0 Å². The lowest BCUT2D eigenvalue weighted by Crippen LogP contribution is -2.53. The molecule has 2 fully saturated rings. The summed E-state index contributed by atoms with van der Waals surface area (Å²) in [5.41, 5.74) is 6.86. The molecule has 2 N–H and O–H groups in total. The Morgan fingerprint density at radius 3 is 2.61 bits per heavy atom. The van der Waals surface area contributed by atoms with Gasteiger partial charge in [-0.2, -0.15) is 4.98 Å². The molecule has 2 aromatic heterocycles. The van der Waals surface area contributed by atoms with E-state index in [1.54, 1.807) is 19.4 Å². The van der Waals surface area contributed by atoms with Gasteiger partial charge in [0.15, 0.2) is 0 Å². The average Bonchev–Trinajstić information content (AvgIpc) is 3.24. The Morgan fingerprint density at radius 1 is 1.18 bits per heavy atom. The third-order valence-corrected chi connectivity index (χ3v) is 5.87. The van der Waals surface area contributed by atoms with E-state index < -0.39 is 0 Å². The van der Waals surface area contributed by atoms with Gasteiger partial charge in [-0.1, -0.05) is 6.92 Å². The van der Waals surface area contributed by atoms with Crippen LogP contribution in [0.25, 0.3) is 11.6 Å². The van der Waals surface area contributed by atoms with Crippen molar-refractivity contribution in [2.24, 2.45) is 0 Å². The Hall–Kier alpha value is -2.39. The van der Waals surface area contributed by atoms with Gasteiger partial charge < -0.3 is 24.8 Å². The number of hydrogen-bond acceptors (Lipinski definition) is 9. The molecule has 0 bridgehead atoms. The summed E-state index contributed by atoms with van der Waals surface area (Å²) in [6, 6.07) is 2.37. The van der Waals surface area contributed by atoms with Gasteiger partial charge in [-0.15, -0.1) is 0 Å². The van der Waals surface area contributed by atoms with Crippen molar-refractivity contribution in [1.29, 1.82) is 0 Å². The number of rotatable bonds is 5. The van der Waals surface area contributed by atoms with Gasteiger partial charge in [-0.05, 0) is 24.5 Å². The third-order valence-electron chi connectivity index (χ3n) is 5.87.